The number of aryl methyl sites for hydroxylation is 1. The topological polar surface area (TPSA) is 0 Å². The zero-order chi connectivity index (χ0) is 15.5. The van der Waals surface area contributed by atoms with Crippen molar-refractivity contribution in [3.05, 3.63) is 95.1 Å². The van der Waals surface area contributed by atoms with Gasteiger partial charge in [0.1, 0.15) is 0 Å². The summed E-state index contributed by atoms with van der Waals surface area (Å²) >= 11 is 0. The van der Waals surface area contributed by atoms with Crippen LogP contribution in [0.3, 0.4) is 0 Å². The van der Waals surface area contributed by atoms with Crippen molar-refractivity contribution >= 4 is 0 Å². The Hall–Kier alpha value is -2.34. The van der Waals surface area contributed by atoms with Gasteiger partial charge in [-0.3, -0.25) is 0 Å². The fourth-order valence-electron chi connectivity index (χ4n) is 3.08. The first kappa shape index (κ1) is 14.6. The molecule has 0 saturated heterocycles. The molecule has 110 valence electrons. The molecule has 3 rings (SSSR count). The summed E-state index contributed by atoms with van der Waals surface area (Å²) in [4.78, 5) is 0. The van der Waals surface area contributed by atoms with E-state index in [-0.39, 0.29) is 0 Å². The van der Waals surface area contributed by atoms with E-state index >= 15 is 0 Å². The second-order valence-corrected chi connectivity index (χ2v) is 5.97. The highest BCUT2D eigenvalue weighted by atomic mass is 14.2. The summed E-state index contributed by atoms with van der Waals surface area (Å²) < 4.78 is 0. The quantitative estimate of drug-likeness (QED) is 0.544. The standard InChI is InChI=1S/C22H22/c1-16-10-9-15-20(17(16)2)22-14-8-7-13-21(22)18(3)19-11-5-4-6-12-19/h4-15,18H,1-3H3. The van der Waals surface area contributed by atoms with Gasteiger partial charge in [-0.2, -0.15) is 0 Å². The molecular formula is C22H22. The molecule has 0 aliphatic carbocycles. The molecule has 0 aliphatic rings. The lowest BCUT2D eigenvalue weighted by Crippen LogP contribution is -1.99. The number of hydrogen-bond acceptors (Lipinski definition) is 0. The van der Waals surface area contributed by atoms with Crippen LogP contribution in [-0.2, 0) is 0 Å². The highest BCUT2D eigenvalue weighted by Gasteiger charge is 2.14. The van der Waals surface area contributed by atoms with Gasteiger partial charge in [-0.15, -0.1) is 0 Å². The van der Waals surface area contributed by atoms with Crippen LogP contribution < -0.4 is 0 Å². The molecular weight excluding hydrogens is 264 g/mol. The minimum Gasteiger partial charge on any atom is -0.0622 e. The average Bonchev–Trinajstić information content (AvgIpc) is 2.57. The van der Waals surface area contributed by atoms with E-state index in [2.05, 4.69) is 93.6 Å². The average molecular weight is 286 g/mol. The maximum atomic E-state index is 2.29. The van der Waals surface area contributed by atoms with Gasteiger partial charge in [-0.25, -0.2) is 0 Å². The van der Waals surface area contributed by atoms with Crippen LogP contribution in [0.15, 0.2) is 72.8 Å². The van der Waals surface area contributed by atoms with Gasteiger partial charge < -0.3 is 0 Å². The predicted octanol–water partition coefficient (Wildman–Crippen LogP) is 6.12. The van der Waals surface area contributed by atoms with Crippen molar-refractivity contribution in [3.63, 3.8) is 0 Å². The molecule has 3 aromatic carbocycles. The zero-order valence-electron chi connectivity index (χ0n) is 13.5. The fourth-order valence-corrected chi connectivity index (χ4v) is 3.08. The summed E-state index contributed by atoms with van der Waals surface area (Å²) in [7, 11) is 0. The van der Waals surface area contributed by atoms with Crippen molar-refractivity contribution in [3.8, 4) is 11.1 Å². The normalized spacial score (nSPS) is 12.1. The molecule has 0 saturated carbocycles. The van der Waals surface area contributed by atoms with Gasteiger partial charge in [0.15, 0.2) is 0 Å². The van der Waals surface area contributed by atoms with E-state index in [1.807, 2.05) is 0 Å². The highest BCUT2D eigenvalue weighted by molar-refractivity contribution is 5.72. The molecule has 0 nitrogen and oxygen atoms in total. The van der Waals surface area contributed by atoms with E-state index in [0.29, 0.717) is 5.92 Å². The molecule has 0 fully saturated rings. The van der Waals surface area contributed by atoms with E-state index in [1.165, 1.54) is 33.4 Å². The predicted molar refractivity (Wildman–Crippen MR) is 95.3 cm³/mol. The third-order valence-electron chi connectivity index (χ3n) is 4.62. The molecule has 3 aromatic rings. The molecule has 0 N–H and O–H groups in total. The van der Waals surface area contributed by atoms with Gasteiger partial charge in [0.2, 0.25) is 0 Å². The molecule has 1 atom stereocenters. The number of hydrogen-bond donors (Lipinski definition) is 0. The van der Waals surface area contributed by atoms with Gasteiger partial charge in [0.05, 0.1) is 0 Å². The molecule has 0 aromatic heterocycles. The molecule has 0 heterocycles. The van der Waals surface area contributed by atoms with Gasteiger partial charge in [-0.05, 0) is 47.2 Å². The van der Waals surface area contributed by atoms with Crippen LogP contribution >= 0.6 is 0 Å². The maximum absolute atomic E-state index is 2.29. The number of rotatable bonds is 3. The Morgan fingerprint density at radius 3 is 2.05 bits per heavy atom. The van der Waals surface area contributed by atoms with Crippen molar-refractivity contribution in [2.24, 2.45) is 0 Å². The van der Waals surface area contributed by atoms with E-state index in [9.17, 15) is 0 Å². The number of benzene rings is 3. The second kappa shape index (κ2) is 6.19. The fraction of sp³-hybridized carbons (Fsp3) is 0.182. The van der Waals surface area contributed by atoms with E-state index < -0.39 is 0 Å². The third-order valence-corrected chi connectivity index (χ3v) is 4.62. The van der Waals surface area contributed by atoms with Crippen LogP contribution in [0.25, 0.3) is 11.1 Å². The van der Waals surface area contributed by atoms with Crippen molar-refractivity contribution < 1.29 is 0 Å². The SMILES string of the molecule is Cc1cccc(-c2ccccc2C(C)c2ccccc2)c1C. The van der Waals surface area contributed by atoms with Gasteiger partial charge >= 0.3 is 0 Å². The summed E-state index contributed by atoms with van der Waals surface area (Å²) in [5.74, 6) is 0.386. The van der Waals surface area contributed by atoms with Crippen LogP contribution in [0.1, 0.15) is 35.1 Å². The van der Waals surface area contributed by atoms with Crippen molar-refractivity contribution in [2.75, 3.05) is 0 Å². The molecule has 22 heavy (non-hydrogen) atoms. The molecule has 0 aliphatic heterocycles. The van der Waals surface area contributed by atoms with E-state index in [0.717, 1.165) is 0 Å². The molecule has 0 heteroatoms. The Labute approximate surface area is 133 Å². The first-order valence-corrected chi connectivity index (χ1v) is 7.89. The Balaban J connectivity index is 2.13. The Morgan fingerprint density at radius 2 is 1.27 bits per heavy atom. The summed E-state index contributed by atoms with van der Waals surface area (Å²) in [5, 5.41) is 0. The van der Waals surface area contributed by atoms with Crippen LogP contribution in [0.4, 0.5) is 0 Å². The summed E-state index contributed by atoms with van der Waals surface area (Å²) in [6.07, 6.45) is 0. The molecule has 0 amide bonds. The van der Waals surface area contributed by atoms with Crippen LogP contribution in [-0.4, -0.2) is 0 Å². The van der Waals surface area contributed by atoms with Crippen molar-refractivity contribution in [1.29, 1.82) is 0 Å². The molecule has 0 radical (unpaired) electrons. The van der Waals surface area contributed by atoms with E-state index in [4.69, 9.17) is 0 Å². The Kier molecular flexibility index (Phi) is 4.11. The van der Waals surface area contributed by atoms with Crippen LogP contribution in [0.2, 0.25) is 0 Å². The van der Waals surface area contributed by atoms with Gasteiger partial charge in [0.25, 0.3) is 0 Å². The Morgan fingerprint density at radius 1 is 0.636 bits per heavy atom. The van der Waals surface area contributed by atoms with Gasteiger partial charge in [0, 0.05) is 5.92 Å². The summed E-state index contributed by atoms with van der Waals surface area (Å²) in [6, 6.07) is 26.1. The second-order valence-electron chi connectivity index (χ2n) is 5.97. The first-order valence-electron chi connectivity index (χ1n) is 7.89. The lowest BCUT2D eigenvalue weighted by molar-refractivity contribution is 0.924. The van der Waals surface area contributed by atoms with Crippen LogP contribution in [0.5, 0.6) is 0 Å². The monoisotopic (exact) mass is 286 g/mol. The molecule has 0 bridgehead atoms. The Bertz CT molecular complexity index is 769. The zero-order valence-corrected chi connectivity index (χ0v) is 13.5. The largest absolute Gasteiger partial charge is 0.0622 e. The summed E-state index contributed by atoms with van der Waals surface area (Å²) in [6.45, 7) is 6.69. The van der Waals surface area contributed by atoms with Crippen molar-refractivity contribution in [1.82, 2.24) is 0 Å². The molecule has 1 unspecified atom stereocenters. The van der Waals surface area contributed by atoms with Crippen molar-refractivity contribution in [2.45, 2.75) is 26.7 Å². The maximum Gasteiger partial charge on any atom is 0.00671 e. The minimum atomic E-state index is 0.386. The smallest absolute Gasteiger partial charge is 0.00671 e. The van der Waals surface area contributed by atoms with E-state index in [1.54, 1.807) is 0 Å². The highest BCUT2D eigenvalue weighted by Crippen LogP contribution is 2.35. The van der Waals surface area contributed by atoms with Gasteiger partial charge in [-0.1, -0.05) is 79.7 Å². The lowest BCUT2D eigenvalue weighted by atomic mass is 9.85. The first-order chi connectivity index (χ1) is 10.7. The third kappa shape index (κ3) is 2.69. The lowest BCUT2D eigenvalue weighted by Gasteiger charge is -2.19. The van der Waals surface area contributed by atoms with Crippen LogP contribution in [0, 0.1) is 13.8 Å². The molecule has 0 spiro atoms. The summed E-state index contributed by atoms with van der Waals surface area (Å²) in [5.41, 5.74) is 8.16. The minimum absolute atomic E-state index is 0.386.